The predicted molar refractivity (Wildman–Crippen MR) is 114 cm³/mol. The molecule has 0 radical (unpaired) electrons. The number of aryl methyl sites for hydroxylation is 3. The van der Waals surface area contributed by atoms with E-state index in [1.807, 2.05) is 24.3 Å². The molecule has 0 aliphatic carbocycles. The molecule has 3 rings (SSSR count). The molecule has 1 N–H and O–H groups in total. The van der Waals surface area contributed by atoms with E-state index in [0.717, 1.165) is 17.1 Å². The van der Waals surface area contributed by atoms with Gasteiger partial charge in [-0.1, -0.05) is 41.6 Å². The third-order valence-corrected chi connectivity index (χ3v) is 5.37. The number of ether oxygens (including phenoxy) is 1. The van der Waals surface area contributed by atoms with Crippen LogP contribution in [-0.2, 0) is 6.42 Å². The van der Waals surface area contributed by atoms with Crippen LogP contribution >= 0.6 is 11.8 Å². The minimum absolute atomic E-state index is 0.252. The molecule has 0 spiro atoms. The van der Waals surface area contributed by atoms with E-state index in [4.69, 9.17) is 4.74 Å². The molecule has 0 atom stereocenters. The standard InChI is InChI=1S/C22H24N4O2S/c1-14-8-9-17(15(2)12-14)10-11-23-21(27)20-22(26-25-16(3)24-20)29-19-7-5-6-18(13-19)28-4/h5-9,12-13H,10-11H2,1-4H3,(H,23,27). The Labute approximate surface area is 175 Å². The first kappa shape index (κ1) is 20.8. The van der Waals surface area contributed by atoms with Gasteiger partial charge in [0.1, 0.15) is 11.6 Å². The van der Waals surface area contributed by atoms with Gasteiger partial charge in [0.05, 0.1) is 7.11 Å². The first-order valence-electron chi connectivity index (χ1n) is 9.34. The second kappa shape index (κ2) is 9.52. The van der Waals surface area contributed by atoms with E-state index in [0.29, 0.717) is 17.4 Å². The topological polar surface area (TPSA) is 77.0 Å². The average molecular weight is 409 g/mol. The minimum Gasteiger partial charge on any atom is -0.497 e. The van der Waals surface area contributed by atoms with Crippen molar-refractivity contribution in [2.45, 2.75) is 37.1 Å². The maximum atomic E-state index is 12.8. The molecule has 2 aromatic carbocycles. The summed E-state index contributed by atoms with van der Waals surface area (Å²) in [4.78, 5) is 18.0. The highest BCUT2D eigenvalue weighted by Crippen LogP contribution is 2.30. The van der Waals surface area contributed by atoms with Crippen molar-refractivity contribution in [1.82, 2.24) is 20.5 Å². The van der Waals surface area contributed by atoms with Gasteiger partial charge < -0.3 is 10.1 Å². The third kappa shape index (κ3) is 5.54. The van der Waals surface area contributed by atoms with Crippen LogP contribution in [0.1, 0.15) is 33.0 Å². The molecule has 1 heterocycles. The van der Waals surface area contributed by atoms with Gasteiger partial charge in [-0.15, -0.1) is 10.2 Å². The van der Waals surface area contributed by atoms with E-state index < -0.39 is 0 Å². The number of methoxy groups -OCH3 is 1. The molecule has 0 fully saturated rings. The van der Waals surface area contributed by atoms with Gasteiger partial charge in [0.2, 0.25) is 0 Å². The highest BCUT2D eigenvalue weighted by Gasteiger charge is 2.17. The molecule has 7 heteroatoms. The summed E-state index contributed by atoms with van der Waals surface area (Å²) in [6, 6.07) is 13.9. The molecule has 0 saturated carbocycles. The first-order valence-corrected chi connectivity index (χ1v) is 10.2. The zero-order chi connectivity index (χ0) is 20.8. The van der Waals surface area contributed by atoms with E-state index in [9.17, 15) is 4.79 Å². The van der Waals surface area contributed by atoms with Crippen molar-refractivity contribution in [1.29, 1.82) is 0 Å². The number of nitrogens with zero attached hydrogens (tertiary/aromatic N) is 3. The summed E-state index contributed by atoms with van der Waals surface area (Å²) in [6.45, 7) is 6.41. The molecule has 1 aromatic heterocycles. The zero-order valence-corrected chi connectivity index (χ0v) is 17.8. The summed E-state index contributed by atoms with van der Waals surface area (Å²) in [5.41, 5.74) is 3.97. The molecular formula is C22H24N4O2S. The van der Waals surface area contributed by atoms with Crippen LogP contribution in [0.5, 0.6) is 5.75 Å². The van der Waals surface area contributed by atoms with Crippen molar-refractivity contribution in [3.8, 4) is 5.75 Å². The second-order valence-electron chi connectivity index (χ2n) is 6.73. The van der Waals surface area contributed by atoms with Gasteiger partial charge >= 0.3 is 0 Å². The lowest BCUT2D eigenvalue weighted by Crippen LogP contribution is -2.28. The molecule has 1 amide bonds. The number of amides is 1. The van der Waals surface area contributed by atoms with Crippen LogP contribution in [0.3, 0.4) is 0 Å². The van der Waals surface area contributed by atoms with Crippen LogP contribution in [0.4, 0.5) is 0 Å². The Bertz CT molecular complexity index is 1020. The smallest absolute Gasteiger partial charge is 0.272 e. The quantitative estimate of drug-likeness (QED) is 0.638. The Morgan fingerprint density at radius 2 is 1.93 bits per heavy atom. The van der Waals surface area contributed by atoms with Gasteiger partial charge in [0, 0.05) is 11.4 Å². The molecule has 0 bridgehead atoms. The van der Waals surface area contributed by atoms with E-state index in [2.05, 4.69) is 52.5 Å². The highest BCUT2D eigenvalue weighted by atomic mass is 32.2. The van der Waals surface area contributed by atoms with E-state index in [-0.39, 0.29) is 11.6 Å². The third-order valence-electron chi connectivity index (χ3n) is 4.41. The SMILES string of the molecule is COc1cccc(Sc2nnc(C)nc2C(=O)NCCc2ccc(C)cc2C)c1. The van der Waals surface area contributed by atoms with Gasteiger partial charge in [0.25, 0.3) is 5.91 Å². The summed E-state index contributed by atoms with van der Waals surface area (Å²) in [7, 11) is 1.62. The van der Waals surface area contributed by atoms with Crippen LogP contribution in [-0.4, -0.2) is 34.7 Å². The largest absolute Gasteiger partial charge is 0.497 e. The lowest BCUT2D eigenvalue weighted by Gasteiger charge is -2.10. The fourth-order valence-electron chi connectivity index (χ4n) is 2.91. The summed E-state index contributed by atoms with van der Waals surface area (Å²) in [5.74, 6) is 0.945. The Kier molecular flexibility index (Phi) is 6.82. The molecule has 3 aromatic rings. The number of carbonyl (C=O) groups is 1. The summed E-state index contributed by atoms with van der Waals surface area (Å²) >= 11 is 1.34. The summed E-state index contributed by atoms with van der Waals surface area (Å²) < 4.78 is 5.26. The fourth-order valence-corrected chi connectivity index (χ4v) is 3.77. The number of carbonyl (C=O) groups excluding carboxylic acids is 1. The summed E-state index contributed by atoms with van der Waals surface area (Å²) in [6.07, 6.45) is 0.758. The molecule has 150 valence electrons. The molecule has 29 heavy (non-hydrogen) atoms. The highest BCUT2D eigenvalue weighted by molar-refractivity contribution is 7.99. The van der Waals surface area contributed by atoms with Gasteiger partial charge in [-0.2, -0.15) is 0 Å². The number of benzene rings is 2. The molecule has 0 unspecified atom stereocenters. The van der Waals surface area contributed by atoms with Crippen LogP contribution in [0, 0.1) is 20.8 Å². The van der Waals surface area contributed by atoms with Crippen LogP contribution in [0.25, 0.3) is 0 Å². The Morgan fingerprint density at radius 3 is 2.69 bits per heavy atom. The number of aromatic nitrogens is 3. The minimum atomic E-state index is -0.252. The van der Waals surface area contributed by atoms with Gasteiger partial charge in [-0.25, -0.2) is 4.98 Å². The molecular weight excluding hydrogens is 384 g/mol. The van der Waals surface area contributed by atoms with Crippen molar-refractivity contribution in [3.05, 3.63) is 70.7 Å². The Hall–Kier alpha value is -2.93. The average Bonchev–Trinajstić information content (AvgIpc) is 2.71. The van der Waals surface area contributed by atoms with Crippen molar-refractivity contribution in [2.24, 2.45) is 0 Å². The Balaban J connectivity index is 1.71. The molecule has 0 aliphatic rings. The molecule has 0 saturated heterocycles. The van der Waals surface area contributed by atoms with Gasteiger partial charge in [0.15, 0.2) is 10.7 Å². The fraction of sp³-hybridized carbons (Fsp3) is 0.273. The molecule has 6 nitrogen and oxygen atoms in total. The number of hydrogen-bond acceptors (Lipinski definition) is 6. The number of hydrogen-bond donors (Lipinski definition) is 1. The van der Waals surface area contributed by atoms with E-state index in [1.165, 1.54) is 28.5 Å². The first-order chi connectivity index (χ1) is 14.0. The molecule has 0 aliphatic heterocycles. The van der Waals surface area contributed by atoms with Crippen molar-refractivity contribution in [2.75, 3.05) is 13.7 Å². The maximum Gasteiger partial charge on any atom is 0.272 e. The van der Waals surface area contributed by atoms with E-state index in [1.54, 1.807) is 14.0 Å². The predicted octanol–water partition coefficient (Wildman–Crippen LogP) is 3.93. The van der Waals surface area contributed by atoms with E-state index >= 15 is 0 Å². The van der Waals surface area contributed by atoms with Crippen LogP contribution in [0.2, 0.25) is 0 Å². The lowest BCUT2D eigenvalue weighted by atomic mass is 10.0. The number of nitrogens with one attached hydrogen (secondary N) is 1. The Morgan fingerprint density at radius 1 is 1.10 bits per heavy atom. The normalized spacial score (nSPS) is 10.6. The zero-order valence-electron chi connectivity index (χ0n) is 17.0. The maximum absolute atomic E-state index is 12.8. The van der Waals surface area contributed by atoms with Gasteiger partial charge in [-0.05, 0) is 56.5 Å². The summed E-state index contributed by atoms with van der Waals surface area (Å²) in [5, 5.41) is 11.6. The van der Waals surface area contributed by atoms with Crippen LogP contribution in [0.15, 0.2) is 52.4 Å². The van der Waals surface area contributed by atoms with Crippen molar-refractivity contribution >= 4 is 17.7 Å². The van der Waals surface area contributed by atoms with Crippen molar-refractivity contribution < 1.29 is 9.53 Å². The number of rotatable bonds is 7. The lowest BCUT2D eigenvalue weighted by molar-refractivity contribution is 0.0944. The van der Waals surface area contributed by atoms with Gasteiger partial charge in [-0.3, -0.25) is 4.79 Å². The van der Waals surface area contributed by atoms with Crippen molar-refractivity contribution in [3.63, 3.8) is 0 Å². The van der Waals surface area contributed by atoms with Crippen LogP contribution < -0.4 is 10.1 Å². The monoisotopic (exact) mass is 408 g/mol. The second-order valence-corrected chi connectivity index (χ2v) is 7.79.